The van der Waals surface area contributed by atoms with E-state index < -0.39 is 23.3 Å². The lowest BCUT2D eigenvalue weighted by Gasteiger charge is -2.29. The van der Waals surface area contributed by atoms with Crippen LogP contribution in [-0.4, -0.2) is 25.2 Å². The van der Waals surface area contributed by atoms with Crippen LogP contribution < -0.4 is 0 Å². The third kappa shape index (κ3) is 2.63. The van der Waals surface area contributed by atoms with Crippen molar-refractivity contribution < 1.29 is 19.1 Å². The topological polar surface area (TPSA) is 76.4 Å². The maximum atomic E-state index is 12.1. The summed E-state index contributed by atoms with van der Waals surface area (Å²) in [6.07, 6.45) is 2.69. The molecule has 0 bridgehead atoms. The summed E-state index contributed by atoms with van der Waals surface area (Å²) in [5.41, 5.74) is -1.00. The molecule has 1 aliphatic carbocycles. The smallest absolute Gasteiger partial charge is 0.324 e. The highest BCUT2D eigenvalue weighted by atomic mass is 16.5. The van der Waals surface area contributed by atoms with Gasteiger partial charge in [-0.1, -0.05) is 12.8 Å². The molecule has 0 aromatic rings. The Hall–Kier alpha value is -1.57. The Morgan fingerprint density at radius 3 is 2.22 bits per heavy atom. The number of hydrogen-bond acceptors (Lipinski definition) is 5. The van der Waals surface area contributed by atoms with Gasteiger partial charge in [0.25, 0.3) is 0 Å². The van der Waals surface area contributed by atoms with Crippen molar-refractivity contribution in [1.82, 2.24) is 0 Å². The summed E-state index contributed by atoms with van der Waals surface area (Å²) >= 11 is 0. The Morgan fingerprint density at radius 1 is 1.22 bits per heavy atom. The second kappa shape index (κ2) is 6.39. The molecule has 0 radical (unpaired) electrons. The van der Waals surface area contributed by atoms with Crippen molar-refractivity contribution in [2.45, 2.75) is 39.5 Å². The van der Waals surface area contributed by atoms with Crippen molar-refractivity contribution >= 4 is 11.9 Å². The summed E-state index contributed by atoms with van der Waals surface area (Å²) < 4.78 is 9.93. The highest BCUT2D eigenvalue weighted by Crippen LogP contribution is 2.45. The number of nitrogens with zero attached hydrogens (tertiary/aromatic N) is 1. The largest absolute Gasteiger partial charge is 0.466 e. The summed E-state index contributed by atoms with van der Waals surface area (Å²) in [4.78, 5) is 23.9. The maximum absolute atomic E-state index is 12.1. The van der Waals surface area contributed by atoms with Crippen LogP contribution in [0.5, 0.6) is 0 Å². The molecule has 0 saturated heterocycles. The highest BCUT2D eigenvalue weighted by molar-refractivity contribution is 5.87. The van der Waals surface area contributed by atoms with Crippen molar-refractivity contribution in [2.24, 2.45) is 11.3 Å². The molecule has 1 atom stereocenters. The van der Waals surface area contributed by atoms with Gasteiger partial charge in [-0.2, -0.15) is 5.26 Å². The van der Waals surface area contributed by atoms with Gasteiger partial charge in [-0.25, -0.2) is 0 Å². The first-order valence-corrected chi connectivity index (χ1v) is 6.35. The predicted octanol–water partition coefficient (Wildman–Crippen LogP) is 1.81. The number of carbonyl (C=O) groups excluding carboxylic acids is 2. The molecule has 5 nitrogen and oxygen atoms in total. The van der Waals surface area contributed by atoms with Crippen molar-refractivity contribution in [1.29, 1.82) is 5.26 Å². The van der Waals surface area contributed by atoms with Gasteiger partial charge in [0, 0.05) is 0 Å². The average Bonchev–Trinajstić information content (AvgIpc) is 2.81. The quantitative estimate of drug-likeness (QED) is 0.698. The fraction of sp³-hybridized carbons (Fsp3) is 0.769. The van der Waals surface area contributed by atoms with Gasteiger partial charge in [0.05, 0.1) is 24.7 Å². The van der Waals surface area contributed by atoms with Gasteiger partial charge >= 0.3 is 11.9 Å². The lowest BCUT2D eigenvalue weighted by Crippen LogP contribution is -2.41. The summed E-state index contributed by atoms with van der Waals surface area (Å²) in [6.45, 7) is 3.85. The molecule has 100 valence electrons. The van der Waals surface area contributed by atoms with Gasteiger partial charge in [-0.05, 0) is 26.7 Å². The number of carbonyl (C=O) groups is 2. The van der Waals surface area contributed by atoms with Crippen LogP contribution in [0.1, 0.15) is 39.5 Å². The monoisotopic (exact) mass is 253 g/mol. The van der Waals surface area contributed by atoms with E-state index in [1.54, 1.807) is 13.8 Å². The van der Waals surface area contributed by atoms with Gasteiger partial charge in [0.2, 0.25) is 0 Å². The van der Waals surface area contributed by atoms with E-state index in [4.69, 9.17) is 9.47 Å². The molecule has 0 aliphatic heterocycles. The van der Waals surface area contributed by atoms with Crippen LogP contribution >= 0.6 is 0 Å². The van der Waals surface area contributed by atoms with E-state index >= 15 is 0 Å². The summed E-state index contributed by atoms with van der Waals surface area (Å²) in [5.74, 6) is -2.11. The molecule has 0 heterocycles. The second-order valence-electron chi connectivity index (χ2n) is 4.40. The van der Waals surface area contributed by atoms with Crippen LogP contribution in [0, 0.1) is 22.7 Å². The van der Waals surface area contributed by atoms with Gasteiger partial charge in [-0.15, -0.1) is 0 Å². The van der Waals surface area contributed by atoms with Crippen LogP contribution in [0.15, 0.2) is 0 Å². The van der Waals surface area contributed by atoms with Crippen molar-refractivity contribution in [3.05, 3.63) is 0 Å². The van der Waals surface area contributed by atoms with Gasteiger partial charge < -0.3 is 9.47 Å². The fourth-order valence-corrected chi connectivity index (χ4v) is 2.52. The zero-order valence-electron chi connectivity index (χ0n) is 10.9. The zero-order valence-corrected chi connectivity index (χ0v) is 10.9. The predicted molar refractivity (Wildman–Crippen MR) is 63.3 cm³/mol. The third-order valence-electron chi connectivity index (χ3n) is 3.38. The van der Waals surface area contributed by atoms with Crippen molar-refractivity contribution in [3.8, 4) is 6.07 Å². The minimum Gasteiger partial charge on any atom is -0.466 e. The van der Waals surface area contributed by atoms with E-state index in [2.05, 4.69) is 0 Å². The van der Waals surface area contributed by atoms with E-state index in [-0.39, 0.29) is 13.2 Å². The molecule has 1 unspecified atom stereocenters. The van der Waals surface area contributed by atoms with Gasteiger partial charge in [0.15, 0.2) is 5.92 Å². The molecule has 0 N–H and O–H groups in total. The Labute approximate surface area is 107 Å². The van der Waals surface area contributed by atoms with Gasteiger partial charge in [-0.3, -0.25) is 9.59 Å². The maximum Gasteiger partial charge on any atom is 0.324 e. The third-order valence-corrected chi connectivity index (χ3v) is 3.38. The Morgan fingerprint density at radius 2 is 1.78 bits per heavy atom. The average molecular weight is 253 g/mol. The number of rotatable bonds is 5. The highest BCUT2D eigenvalue weighted by Gasteiger charge is 2.53. The molecule has 0 amide bonds. The Bertz CT molecular complexity index is 352. The van der Waals surface area contributed by atoms with Crippen molar-refractivity contribution in [3.63, 3.8) is 0 Å². The molecule has 1 fully saturated rings. The summed E-state index contributed by atoms with van der Waals surface area (Å²) in [6, 6.07) is 1.93. The number of esters is 2. The fourth-order valence-electron chi connectivity index (χ4n) is 2.52. The molecule has 0 spiro atoms. The van der Waals surface area contributed by atoms with E-state index in [0.717, 1.165) is 12.8 Å². The lowest BCUT2D eigenvalue weighted by molar-refractivity contribution is -0.166. The van der Waals surface area contributed by atoms with E-state index in [1.807, 2.05) is 6.07 Å². The lowest BCUT2D eigenvalue weighted by atomic mass is 9.74. The molecule has 5 heteroatoms. The molecular weight excluding hydrogens is 234 g/mol. The summed E-state index contributed by atoms with van der Waals surface area (Å²) in [5, 5.41) is 9.21. The van der Waals surface area contributed by atoms with E-state index in [9.17, 15) is 14.9 Å². The summed E-state index contributed by atoms with van der Waals surface area (Å²) in [7, 11) is 0. The molecule has 1 rings (SSSR count). The number of ether oxygens (including phenoxy) is 2. The molecule has 0 aromatic carbocycles. The molecular formula is C13H19NO4. The Balaban J connectivity index is 2.98. The zero-order chi connectivity index (χ0) is 13.6. The first-order valence-electron chi connectivity index (χ1n) is 6.35. The molecule has 0 aromatic heterocycles. The van der Waals surface area contributed by atoms with E-state index in [0.29, 0.717) is 12.8 Å². The number of hydrogen-bond donors (Lipinski definition) is 0. The second-order valence-corrected chi connectivity index (χ2v) is 4.40. The first-order chi connectivity index (χ1) is 8.62. The number of nitriles is 1. The normalized spacial score (nSPS) is 18.7. The van der Waals surface area contributed by atoms with E-state index in [1.165, 1.54) is 0 Å². The van der Waals surface area contributed by atoms with Crippen LogP contribution in [-0.2, 0) is 19.1 Å². The molecule has 1 saturated carbocycles. The van der Waals surface area contributed by atoms with Crippen LogP contribution in [0.3, 0.4) is 0 Å². The standard InChI is InChI=1S/C13H19NO4/c1-3-17-11(15)10(9-14)13(7-5-6-8-13)12(16)18-4-2/h10H,3-8H2,1-2H3. The molecule has 18 heavy (non-hydrogen) atoms. The first kappa shape index (κ1) is 14.5. The Kier molecular flexibility index (Phi) is 5.14. The van der Waals surface area contributed by atoms with Crippen LogP contribution in [0.25, 0.3) is 0 Å². The molecule has 1 aliphatic rings. The van der Waals surface area contributed by atoms with Crippen LogP contribution in [0.2, 0.25) is 0 Å². The minimum absolute atomic E-state index is 0.204. The van der Waals surface area contributed by atoms with Crippen LogP contribution in [0.4, 0.5) is 0 Å². The SMILES string of the molecule is CCOC(=O)C(C#N)C1(C(=O)OCC)CCCC1. The minimum atomic E-state index is -1.06. The van der Waals surface area contributed by atoms with Crippen molar-refractivity contribution in [2.75, 3.05) is 13.2 Å². The van der Waals surface area contributed by atoms with Gasteiger partial charge in [0.1, 0.15) is 0 Å².